The monoisotopic (exact) mass is 731 g/mol. The van der Waals surface area contributed by atoms with Gasteiger partial charge in [0.1, 0.15) is 0 Å². The zero-order valence-corrected chi connectivity index (χ0v) is 31.5. The molecule has 1 aliphatic heterocycles. The average molecular weight is 732 g/mol. The molecule has 9 aromatic rings. The van der Waals surface area contributed by atoms with Crippen molar-refractivity contribution in [2.24, 2.45) is 0 Å². The average Bonchev–Trinajstić information content (AvgIpc) is 3.29. The summed E-state index contributed by atoms with van der Waals surface area (Å²) in [5, 5.41) is 0. The molecule has 1 aliphatic rings. The highest BCUT2D eigenvalue weighted by atomic mass is 32.2. The van der Waals surface area contributed by atoms with Crippen LogP contribution in [0.4, 0.5) is 0 Å². The highest BCUT2D eigenvalue weighted by Gasteiger charge is 2.44. The molecule has 0 fully saturated rings. The van der Waals surface area contributed by atoms with Crippen molar-refractivity contribution < 1.29 is 0 Å². The van der Waals surface area contributed by atoms with Gasteiger partial charge in [-0.3, -0.25) is 0 Å². The van der Waals surface area contributed by atoms with Gasteiger partial charge in [-0.1, -0.05) is 194 Å². The summed E-state index contributed by atoms with van der Waals surface area (Å²) in [7, 11) is 0. The van der Waals surface area contributed by atoms with E-state index in [1.807, 2.05) is 17.8 Å². The van der Waals surface area contributed by atoms with Gasteiger partial charge in [-0.15, -0.1) is 0 Å². The highest BCUT2D eigenvalue weighted by molar-refractivity contribution is 7.99. The van der Waals surface area contributed by atoms with Crippen LogP contribution >= 0.6 is 11.8 Å². The largest absolute Gasteiger partial charge is 0.248 e. The Kier molecular flexibility index (Phi) is 8.74. The molecule has 56 heavy (non-hydrogen) atoms. The molecule has 10 rings (SSSR count). The summed E-state index contributed by atoms with van der Waals surface area (Å²) in [4.78, 5) is 7.79. The van der Waals surface area contributed by atoms with E-state index in [1.54, 1.807) is 0 Å². The quantitative estimate of drug-likeness (QED) is 0.162. The topological polar surface area (TPSA) is 12.9 Å². The zero-order valence-electron chi connectivity index (χ0n) is 30.7. The number of rotatable bonds is 7. The van der Waals surface area contributed by atoms with E-state index in [-0.39, 0.29) is 0 Å². The molecule has 8 aromatic carbocycles. The Morgan fingerprint density at radius 3 is 1.36 bits per heavy atom. The normalized spacial score (nSPS) is 12.7. The molecular formula is C54H37NS. The fourth-order valence-corrected chi connectivity index (χ4v) is 9.53. The first-order valence-corrected chi connectivity index (χ1v) is 19.9. The Hall–Kier alpha value is -6.74. The number of nitrogens with zero attached hydrogens (tertiary/aromatic N) is 1. The van der Waals surface area contributed by atoms with Crippen molar-refractivity contribution >= 4 is 11.8 Å². The summed E-state index contributed by atoms with van der Waals surface area (Å²) in [6.45, 7) is 0. The van der Waals surface area contributed by atoms with E-state index < -0.39 is 5.41 Å². The third-order valence-electron chi connectivity index (χ3n) is 11.0. The maximum absolute atomic E-state index is 5.22. The first-order chi connectivity index (χ1) is 27.7. The number of hydrogen-bond donors (Lipinski definition) is 0. The molecular weight excluding hydrogens is 695 g/mol. The van der Waals surface area contributed by atoms with Gasteiger partial charge in [0.25, 0.3) is 0 Å². The van der Waals surface area contributed by atoms with E-state index in [1.165, 1.54) is 54.3 Å². The minimum atomic E-state index is -0.471. The van der Waals surface area contributed by atoms with Crippen LogP contribution in [0.5, 0.6) is 0 Å². The van der Waals surface area contributed by atoms with Gasteiger partial charge < -0.3 is 0 Å². The lowest BCUT2D eigenvalue weighted by atomic mass is 9.64. The molecule has 0 spiro atoms. The number of hydrogen-bond acceptors (Lipinski definition) is 2. The van der Waals surface area contributed by atoms with Crippen molar-refractivity contribution in [2.45, 2.75) is 15.2 Å². The summed E-state index contributed by atoms with van der Waals surface area (Å²) < 4.78 is 0. The van der Waals surface area contributed by atoms with Crippen LogP contribution in [-0.4, -0.2) is 4.98 Å². The molecule has 0 saturated heterocycles. The van der Waals surface area contributed by atoms with E-state index in [9.17, 15) is 0 Å². The second-order valence-electron chi connectivity index (χ2n) is 14.3. The summed E-state index contributed by atoms with van der Waals surface area (Å²) in [6.07, 6.45) is 0. The van der Waals surface area contributed by atoms with Crippen LogP contribution in [-0.2, 0) is 5.41 Å². The van der Waals surface area contributed by atoms with Gasteiger partial charge in [-0.2, -0.15) is 0 Å². The third-order valence-corrected chi connectivity index (χ3v) is 12.1. The number of benzene rings is 8. The van der Waals surface area contributed by atoms with Crippen molar-refractivity contribution in [2.75, 3.05) is 0 Å². The summed E-state index contributed by atoms with van der Waals surface area (Å²) >= 11 is 1.87. The van der Waals surface area contributed by atoms with Crippen molar-refractivity contribution in [1.82, 2.24) is 4.98 Å². The Labute approximate surface area is 333 Å². The first kappa shape index (κ1) is 33.8. The van der Waals surface area contributed by atoms with Gasteiger partial charge in [0.05, 0.1) is 16.8 Å². The minimum Gasteiger partial charge on any atom is -0.248 e. The van der Waals surface area contributed by atoms with Crippen LogP contribution in [0.15, 0.2) is 234 Å². The molecule has 2 heteroatoms. The van der Waals surface area contributed by atoms with Crippen molar-refractivity contribution in [3.63, 3.8) is 0 Å². The van der Waals surface area contributed by atoms with Gasteiger partial charge in [0, 0.05) is 20.9 Å². The smallest absolute Gasteiger partial charge is 0.0723 e. The van der Waals surface area contributed by atoms with Crippen LogP contribution in [0.25, 0.3) is 55.9 Å². The summed E-state index contributed by atoms with van der Waals surface area (Å²) in [5.74, 6) is 0. The van der Waals surface area contributed by atoms with Crippen LogP contribution in [0, 0.1) is 0 Å². The van der Waals surface area contributed by atoms with Crippen molar-refractivity contribution in [1.29, 1.82) is 0 Å². The molecule has 0 unspecified atom stereocenters. The Morgan fingerprint density at radius 1 is 0.286 bits per heavy atom. The molecule has 0 bridgehead atoms. The van der Waals surface area contributed by atoms with E-state index in [2.05, 4.69) is 218 Å². The maximum Gasteiger partial charge on any atom is 0.0723 e. The minimum absolute atomic E-state index is 0.471. The standard InChI is InChI=1S/C54H37NS/c1-5-17-38(18-6-1)45-36-50(39-19-7-2-8-20-39)55-51(37-45)44-24-16-23-42(34-44)40-21-15-22-41(33-40)43-31-32-53-49(35-43)54(46-25-9-3-10-26-46,47-27-11-4-12-28-47)48-29-13-14-30-52(48)56-53/h1-37H. The van der Waals surface area contributed by atoms with Gasteiger partial charge in [-0.25, -0.2) is 4.98 Å². The molecule has 2 heterocycles. The second kappa shape index (κ2) is 14.5. The van der Waals surface area contributed by atoms with E-state index >= 15 is 0 Å². The van der Waals surface area contributed by atoms with Crippen LogP contribution in [0.2, 0.25) is 0 Å². The molecule has 0 radical (unpaired) electrons. The fraction of sp³-hybridized carbons (Fsp3) is 0.0185. The van der Waals surface area contributed by atoms with E-state index in [4.69, 9.17) is 4.98 Å². The van der Waals surface area contributed by atoms with E-state index in [0.29, 0.717) is 0 Å². The van der Waals surface area contributed by atoms with Crippen molar-refractivity contribution in [3.05, 3.63) is 247 Å². The number of aromatic nitrogens is 1. The molecule has 0 aliphatic carbocycles. The van der Waals surface area contributed by atoms with Crippen molar-refractivity contribution in [3.8, 4) is 55.9 Å². The Balaban J connectivity index is 1.08. The molecule has 0 N–H and O–H groups in total. The molecule has 1 aromatic heterocycles. The maximum atomic E-state index is 5.22. The summed E-state index contributed by atoms with van der Waals surface area (Å²) in [5.41, 5.74) is 15.8. The lowest BCUT2D eigenvalue weighted by Gasteiger charge is -2.42. The summed E-state index contributed by atoms with van der Waals surface area (Å²) in [6, 6.07) is 81.3. The fourth-order valence-electron chi connectivity index (χ4n) is 8.35. The van der Waals surface area contributed by atoms with Gasteiger partial charge >= 0.3 is 0 Å². The lowest BCUT2D eigenvalue weighted by molar-refractivity contribution is 0.703. The van der Waals surface area contributed by atoms with E-state index in [0.717, 1.165) is 33.6 Å². The predicted octanol–water partition coefficient (Wildman–Crippen LogP) is 14.3. The van der Waals surface area contributed by atoms with Gasteiger partial charge in [-0.05, 0) is 98.1 Å². The molecule has 0 amide bonds. The first-order valence-electron chi connectivity index (χ1n) is 19.1. The molecule has 0 atom stereocenters. The van der Waals surface area contributed by atoms with Crippen LogP contribution in [0.3, 0.4) is 0 Å². The third kappa shape index (κ3) is 6.05. The SMILES string of the molecule is c1ccc(-c2cc(-c3ccccc3)nc(-c3cccc(-c4cccc(-c5ccc6c(c5)C(c5ccccc5)(c5ccccc5)c5ccccc5S6)c4)c3)c2)cc1. The number of pyridine rings is 1. The van der Waals surface area contributed by atoms with Crippen LogP contribution in [0.1, 0.15) is 22.3 Å². The van der Waals surface area contributed by atoms with Gasteiger partial charge in [0.2, 0.25) is 0 Å². The molecule has 264 valence electrons. The molecule has 1 nitrogen and oxygen atoms in total. The van der Waals surface area contributed by atoms with Gasteiger partial charge in [0.15, 0.2) is 0 Å². The second-order valence-corrected chi connectivity index (χ2v) is 15.4. The Bertz CT molecular complexity index is 2720. The highest BCUT2D eigenvalue weighted by Crippen LogP contribution is 2.56. The Morgan fingerprint density at radius 2 is 0.732 bits per heavy atom. The number of fused-ring (bicyclic) bond motifs is 2. The molecule has 0 saturated carbocycles. The van der Waals surface area contributed by atoms with Crippen LogP contribution < -0.4 is 0 Å². The zero-order chi connectivity index (χ0) is 37.3. The predicted molar refractivity (Wildman–Crippen MR) is 234 cm³/mol. The lowest BCUT2D eigenvalue weighted by Crippen LogP contribution is -2.34.